The highest BCUT2D eigenvalue weighted by atomic mass is 32.1. The zero-order chi connectivity index (χ0) is 77.6. The third kappa shape index (κ3) is 19.7. The highest BCUT2D eigenvalue weighted by Crippen LogP contribution is 2.38. The lowest BCUT2D eigenvalue weighted by Crippen LogP contribution is -2.38. The number of nitrogens with zero attached hydrogens (tertiary/aromatic N) is 14. The number of hydrogen-bond acceptors (Lipinski definition) is 18. The molecule has 9 heterocycles. The van der Waals surface area contributed by atoms with E-state index in [0.717, 1.165) is 159 Å². The number of methoxy groups -OCH3 is 1. The summed E-state index contributed by atoms with van der Waals surface area (Å²) in [6, 6.07) is 49.7. The number of para-hydroxylation sites is 2. The summed E-state index contributed by atoms with van der Waals surface area (Å²) < 4.78 is 8.44. The highest BCUT2D eigenvalue weighted by Gasteiger charge is 2.34. The number of carbonyl (C=O) groups is 4. The summed E-state index contributed by atoms with van der Waals surface area (Å²) in [5.41, 5.74) is 15.4. The molecule has 110 heavy (non-hydrogen) atoms. The van der Waals surface area contributed by atoms with E-state index in [1.165, 1.54) is 45.9 Å². The number of hydrogen-bond donors (Lipinski definition) is 1. The minimum absolute atomic E-state index is 0.00463. The van der Waals surface area contributed by atoms with Crippen molar-refractivity contribution in [2.45, 2.75) is 150 Å². The van der Waals surface area contributed by atoms with Gasteiger partial charge in [-0.3, -0.25) is 48.8 Å². The van der Waals surface area contributed by atoms with Crippen LogP contribution in [0.25, 0.3) is 44.1 Å². The molecule has 1 N–H and O–H groups in total. The molecule has 0 radical (unpaired) electrons. The van der Waals surface area contributed by atoms with Crippen molar-refractivity contribution in [1.29, 1.82) is 0 Å². The Kier molecular flexibility index (Phi) is 26.5. The first-order chi connectivity index (χ1) is 53.1. The van der Waals surface area contributed by atoms with Gasteiger partial charge in [0.25, 0.3) is 0 Å². The molecule has 5 aromatic carbocycles. The molecule has 3 fully saturated rings. The van der Waals surface area contributed by atoms with Crippen molar-refractivity contribution < 1.29 is 23.9 Å². The van der Waals surface area contributed by atoms with E-state index < -0.39 is 5.97 Å². The molecular formula is C89H109N15O5S. The topological polar surface area (TPSA) is 196 Å². The predicted molar refractivity (Wildman–Crippen MR) is 444 cm³/mol. The fourth-order valence-electron chi connectivity index (χ4n) is 15.2. The van der Waals surface area contributed by atoms with E-state index in [-0.39, 0.29) is 54.0 Å². The first-order valence-corrected chi connectivity index (χ1v) is 40.1. The van der Waals surface area contributed by atoms with Gasteiger partial charge in [-0.15, -0.1) is 11.3 Å². The van der Waals surface area contributed by atoms with Crippen molar-refractivity contribution in [2.75, 3.05) is 107 Å². The molecule has 576 valence electrons. The van der Waals surface area contributed by atoms with Crippen LogP contribution in [-0.2, 0) is 29.3 Å². The summed E-state index contributed by atoms with van der Waals surface area (Å²) in [5, 5.41) is 19.2. The number of esters is 1. The molecule has 3 aliphatic rings. The van der Waals surface area contributed by atoms with Crippen LogP contribution in [0.5, 0.6) is 0 Å². The highest BCUT2D eigenvalue weighted by molar-refractivity contribution is 7.09. The van der Waals surface area contributed by atoms with E-state index in [1.54, 1.807) is 25.2 Å². The van der Waals surface area contributed by atoms with Crippen LogP contribution in [0.1, 0.15) is 183 Å². The Morgan fingerprint density at radius 2 is 0.891 bits per heavy atom. The van der Waals surface area contributed by atoms with Crippen LogP contribution in [0.3, 0.4) is 0 Å². The number of thiazole rings is 1. The summed E-state index contributed by atoms with van der Waals surface area (Å²) >= 11 is 1.67. The van der Waals surface area contributed by atoms with Gasteiger partial charge in [0.2, 0.25) is 5.91 Å². The van der Waals surface area contributed by atoms with Gasteiger partial charge in [0, 0.05) is 149 Å². The number of fused-ring (bicyclic) bond motifs is 3. The molecule has 0 bridgehead atoms. The second-order valence-electron chi connectivity index (χ2n) is 31.3. The molecule has 6 aromatic heterocycles. The molecule has 1 amide bonds. The van der Waals surface area contributed by atoms with Gasteiger partial charge >= 0.3 is 5.97 Å². The maximum Gasteiger partial charge on any atom is 0.325 e. The molecule has 2 unspecified atom stereocenters. The number of ether oxygens (including phenoxy) is 1. The predicted octanol–water partition coefficient (Wildman–Crippen LogP) is 16.2. The Morgan fingerprint density at radius 1 is 0.482 bits per heavy atom. The van der Waals surface area contributed by atoms with Crippen LogP contribution in [0, 0.1) is 0 Å². The number of benzene rings is 5. The maximum absolute atomic E-state index is 13.0. The zero-order valence-corrected chi connectivity index (χ0v) is 67.0. The number of carbonyl (C=O) groups excluding carboxylic acids is 4. The first-order valence-electron chi connectivity index (χ1n) is 39.2. The van der Waals surface area contributed by atoms with Gasteiger partial charge in [0.15, 0.2) is 5.78 Å². The number of amides is 1. The van der Waals surface area contributed by atoms with Gasteiger partial charge in [-0.25, -0.2) is 14.3 Å². The second-order valence-corrected chi connectivity index (χ2v) is 32.2. The van der Waals surface area contributed by atoms with Crippen LogP contribution in [0.2, 0.25) is 0 Å². The SMILES string of the molecule is CC(=O)C(c1csc(C(C)(C)C)n1)N1CCCN(c2cc(C(C)C)cc3cccnc23)CC1.CC(=O)C[C@@H](c1ccn(-c2ccccc2)n1)N1CCCN(c2cc(C(C)C)cc3cccnc23)CC1.COC(=O)CNC(=O)CC(c1ccn(-c2ccccc2)n1)N1CCCN(c2cc(C(C)C)cc3cccnc23)CC1. The van der Waals surface area contributed by atoms with Crippen molar-refractivity contribution in [1.82, 2.24) is 59.5 Å². The molecule has 0 saturated carbocycles. The van der Waals surface area contributed by atoms with Crippen molar-refractivity contribution in [2.24, 2.45) is 0 Å². The number of anilines is 3. The summed E-state index contributed by atoms with van der Waals surface area (Å²) in [4.78, 5) is 83.3. The van der Waals surface area contributed by atoms with Crippen LogP contribution < -0.4 is 20.0 Å². The molecule has 0 spiro atoms. The molecule has 21 heteroatoms. The fourth-order valence-corrected chi connectivity index (χ4v) is 16.1. The van der Waals surface area contributed by atoms with Gasteiger partial charge in [0.1, 0.15) is 18.4 Å². The van der Waals surface area contributed by atoms with E-state index in [0.29, 0.717) is 24.2 Å². The first kappa shape index (κ1) is 79.5. The minimum atomic E-state index is -0.474. The van der Waals surface area contributed by atoms with Crippen LogP contribution in [0.4, 0.5) is 17.1 Å². The summed E-state index contributed by atoms with van der Waals surface area (Å²) in [6.07, 6.45) is 13.2. The summed E-state index contributed by atoms with van der Waals surface area (Å²) in [6.45, 7) is 33.6. The standard InChI is InChI=1S/C32H38N6O3.C30H35N5O.C27H36N4OS/c1-23(2)25-19-24-9-7-13-33-32(24)29(20-25)37-15-8-14-36(17-18-37)28(21-30(39)34-22-31(40)41-3)27-12-16-38(35-27)26-10-5-4-6-11-26;1-22(2)25-20-24-9-7-13-31-30(24)29(21-25)34-15-8-14-33(17-18-34)28(19-23(3)36)27-12-16-35(32-27)26-10-5-4-6-11-26;1-18(2)21-15-20-9-7-10-28-24(20)23(16-21)30-11-8-12-31(14-13-30)25(19(3)32)22-17-33-26(29-22)27(4,5)6/h4-7,9-13,16,19-20,23,28H,8,14-15,17-18,21-22H2,1-3H3,(H,34,39);4-7,9-13,16,20-22,28H,8,14-15,17-19H2,1-3H3;7,9-10,15-18,25H,8,11-14H2,1-6H3/t;28-;/m.0./s1. The molecule has 3 aliphatic heterocycles. The number of nitrogens with one attached hydrogen (secondary N) is 1. The van der Waals surface area contributed by atoms with E-state index in [1.807, 2.05) is 125 Å². The van der Waals surface area contributed by atoms with Gasteiger partial charge in [-0.05, 0) is 159 Å². The Labute approximate surface area is 652 Å². The third-order valence-electron chi connectivity index (χ3n) is 21.3. The fraction of sp³-hybridized carbons (Fsp3) is 0.416. The van der Waals surface area contributed by atoms with Gasteiger partial charge in [-0.1, -0.05) is 117 Å². The van der Waals surface area contributed by atoms with E-state index >= 15 is 0 Å². The molecule has 3 atom stereocenters. The number of rotatable bonds is 21. The van der Waals surface area contributed by atoms with Crippen molar-refractivity contribution in [3.63, 3.8) is 0 Å². The lowest BCUT2D eigenvalue weighted by atomic mass is 9.98. The Bertz CT molecular complexity index is 4910. The monoisotopic (exact) mass is 1500 g/mol. The molecule has 0 aliphatic carbocycles. The minimum Gasteiger partial charge on any atom is -0.468 e. The van der Waals surface area contributed by atoms with Crippen molar-refractivity contribution in [3.8, 4) is 11.4 Å². The molecule has 3 saturated heterocycles. The quantitative estimate of drug-likeness (QED) is 0.0666. The van der Waals surface area contributed by atoms with E-state index in [4.69, 9.17) is 34.9 Å². The number of pyridine rings is 3. The molecule has 11 aromatic rings. The normalized spacial score (nSPS) is 15.9. The van der Waals surface area contributed by atoms with E-state index in [9.17, 15) is 19.2 Å². The third-order valence-corrected chi connectivity index (χ3v) is 22.6. The summed E-state index contributed by atoms with van der Waals surface area (Å²) in [7, 11) is 1.31. The zero-order valence-electron chi connectivity index (χ0n) is 66.2. The van der Waals surface area contributed by atoms with Crippen LogP contribution in [0.15, 0.2) is 182 Å². The molecule has 20 nitrogen and oxygen atoms in total. The molecular weight excluding hydrogens is 1390 g/mol. The summed E-state index contributed by atoms with van der Waals surface area (Å²) in [5.74, 6) is 0.999. The number of aromatic nitrogens is 8. The van der Waals surface area contributed by atoms with E-state index in [2.05, 4.69) is 163 Å². The average Bonchev–Trinajstić information content (AvgIpc) is 1.05. The Morgan fingerprint density at radius 3 is 1.27 bits per heavy atom. The Balaban J connectivity index is 0.000000155. The number of Topliss-reactive ketones (excluding diaryl/α,β-unsaturated/α-hetero) is 2. The lowest BCUT2D eigenvalue weighted by molar-refractivity contribution is -0.141. The van der Waals surface area contributed by atoms with Gasteiger partial charge in [0.05, 0.1) is 86.3 Å². The average molecular weight is 1500 g/mol. The maximum atomic E-state index is 13.0. The van der Waals surface area contributed by atoms with Crippen molar-refractivity contribution >= 4 is 84.6 Å². The van der Waals surface area contributed by atoms with Gasteiger partial charge < -0.3 is 24.8 Å². The number of ketones is 2. The van der Waals surface area contributed by atoms with Crippen LogP contribution >= 0.6 is 11.3 Å². The van der Waals surface area contributed by atoms with Crippen LogP contribution in [-0.4, -0.2) is 170 Å². The van der Waals surface area contributed by atoms with Crippen molar-refractivity contribution in [3.05, 3.63) is 221 Å². The lowest BCUT2D eigenvalue weighted by Gasteiger charge is -2.30. The van der Waals surface area contributed by atoms with Gasteiger partial charge in [-0.2, -0.15) is 10.2 Å². The smallest absolute Gasteiger partial charge is 0.325 e. The Hall–Kier alpha value is -10.1. The second kappa shape index (κ2) is 36.6. The largest absolute Gasteiger partial charge is 0.468 e. The molecule has 14 rings (SSSR count).